The number of hydrogen-bond acceptors (Lipinski definition) is 4. The number of nitrogens with one attached hydrogen (secondary N) is 2. The maximum atomic E-state index is 13.0. The molecule has 0 aromatic heterocycles. The van der Waals surface area contributed by atoms with Gasteiger partial charge in [0.1, 0.15) is 5.54 Å². The largest absolute Gasteiger partial charge is 0.350 e. The van der Waals surface area contributed by atoms with Crippen LogP contribution in [0, 0.1) is 5.92 Å². The van der Waals surface area contributed by atoms with Gasteiger partial charge in [-0.15, -0.1) is 0 Å². The van der Waals surface area contributed by atoms with Gasteiger partial charge in [0.25, 0.3) is 5.91 Å². The molecule has 1 aromatic carbocycles. The van der Waals surface area contributed by atoms with Gasteiger partial charge in [-0.2, -0.15) is 0 Å². The lowest BCUT2D eigenvalue weighted by molar-refractivity contribution is -0.132. The van der Waals surface area contributed by atoms with Gasteiger partial charge in [0.2, 0.25) is 5.91 Å². The summed E-state index contributed by atoms with van der Waals surface area (Å²) in [6, 6.07) is 6.23. The summed E-state index contributed by atoms with van der Waals surface area (Å²) in [5.41, 5.74) is 0.471. The molecule has 0 unspecified atom stereocenters. The molecule has 1 saturated carbocycles. The number of amides is 4. The van der Waals surface area contributed by atoms with Crippen molar-refractivity contribution in [3.05, 3.63) is 35.4 Å². The van der Waals surface area contributed by atoms with E-state index in [2.05, 4.69) is 17.6 Å². The molecular weight excluding hydrogens is 370 g/mol. The van der Waals surface area contributed by atoms with Gasteiger partial charge in [-0.05, 0) is 44.1 Å². The van der Waals surface area contributed by atoms with Crippen LogP contribution >= 0.6 is 0 Å². The van der Waals surface area contributed by atoms with Gasteiger partial charge in [0.15, 0.2) is 5.78 Å². The highest BCUT2D eigenvalue weighted by molar-refractivity contribution is 6.11. The van der Waals surface area contributed by atoms with E-state index in [-0.39, 0.29) is 30.2 Å². The summed E-state index contributed by atoms with van der Waals surface area (Å²) in [4.78, 5) is 50.3. The Morgan fingerprint density at radius 3 is 2.38 bits per heavy atom. The summed E-state index contributed by atoms with van der Waals surface area (Å²) in [5.74, 6) is -0.0923. The molecular formula is C22H29N3O4. The van der Waals surface area contributed by atoms with E-state index in [0.717, 1.165) is 29.7 Å². The second-order valence-corrected chi connectivity index (χ2v) is 8.22. The fourth-order valence-electron chi connectivity index (χ4n) is 4.32. The van der Waals surface area contributed by atoms with Crippen molar-refractivity contribution in [3.63, 3.8) is 0 Å². The van der Waals surface area contributed by atoms with Gasteiger partial charge in [-0.1, -0.05) is 37.6 Å². The fraction of sp³-hybridized carbons (Fsp3) is 0.545. The van der Waals surface area contributed by atoms with E-state index in [1.54, 1.807) is 24.3 Å². The number of carbonyl (C=O) groups excluding carboxylic acids is 4. The molecule has 1 aliphatic carbocycles. The van der Waals surface area contributed by atoms with Crippen LogP contribution in [-0.4, -0.2) is 40.6 Å². The number of urea groups is 1. The monoisotopic (exact) mass is 399 g/mol. The Morgan fingerprint density at radius 2 is 1.83 bits per heavy atom. The van der Waals surface area contributed by atoms with Crippen LogP contribution in [0.5, 0.6) is 0 Å². The van der Waals surface area contributed by atoms with Crippen molar-refractivity contribution in [1.29, 1.82) is 0 Å². The Kier molecular flexibility index (Phi) is 6.05. The predicted octanol–water partition coefficient (Wildman–Crippen LogP) is 2.96. The van der Waals surface area contributed by atoms with Gasteiger partial charge < -0.3 is 10.6 Å². The van der Waals surface area contributed by atoms with E-state index < -0.39 is 11.6 Å². The summed E-state index contributed by atoms with van der Waals surface area (Å²) in [7, 11) is 0. The molecule has 2 fully saturated rings. The molecule has 1 saturated heterocycles. The first-order valence-corrected chi connectivity index (χ1v) is 10.3. The maximum Gasteiger partial charge on any atom is 0.325 e. The van der Waals surface area contributed by atoms with Gasteiger partial charge in [0, 0.05) is 12.5 Å². The second kappa shape index (κ2) is 8.35. The number of ketones is 1. The Morgan fingerprint density at radius 1 is 1.21 bits per heavy atom. The minimum Gasteiger partial charge on any atom is -0.350 e. The lowest BCUT2D eigenvalue weighted by Gasteiger charge is -2.34. The normalized spacial score (nSPS) is 25.1. The third kappa shape index (κ3) is 4.33. The highest BCUT2D eigenvalue weighted by Crippen LogP contribution is 2.37. The third-order valence-corrected chi connectivity index (χ3v) is 6.24. The number of hydrogen-bond donors (Lipinski definition) is 2. The summed E-state index contributed by atoms with van der Waals surface area (Å²) in [6.45, 7) is 5.20. The van der Waals surface area contributed by atoms with E-state index in [4.69, 9.17) is 0 Å². The summed E-state index contributed by atoms with van der Waals surface area (Å²) >= 11 is 0. The molecule has 0 bridgehead atoms. The van der Waals surface area contributed by atoms with Crippen molar-refractivity contribution < 1.29 is 19.2 Å². The second-order valence-electron chi connectivity index (χ2n) is 8.22. The first-order chi connectivity index (χ1) is 13.8. The van der Waals surface area contributed by atoms with E-state index in [1.807, 2.05) is 6.92 Å². The van der Waals surface area contributed by atoms with Crippen molar-refractivity contribution >= 4 is 23.6 Å². The van der Waals surface area contributed by atoms with E-state index in [0.29, 0.717) is 24.3 Å². The Hall–Kier alpha value is -2.70. The minimum absolute atomic E-state index is 0.127. The molecule has 0 radical (unpaired) electrons. The molecule has 1 heterocycles. The van der Waals surface area contributed by atoms with Crippen molar-refractivity contribution in [2.24, 2.45) is 5.92 Å². The van der Waals surface area contributed by atoms with Crippen molar-refractivity contribution in [2.45, 2.75) is 64.5 Å². The Bertz CT molecular complexity index is 810. The first-order valence-electron chi connectivity index (χ1n) is 10.3. The quantitative estimate of drug-likeness (QED) is 0.568. The molecule has 1 atom stereocenters. The predicted molar refractivity (Wildman–Crippen MR) is 108 cm³/mol. The zero-order chi connectivity index (χ0) is 21.2. The molecule has 29 heavy (non-hydrogen) atoms. The lowest BCUT2D eigenvalue weighted by atomic mass is 9.75. The topological polar surface area (TPSA) is 95.6 Å². The average molecular weight is 399 g/mol. The van der Waals surface area contributed by atoms with Crippen LogP contribution in [0.4, 0.5) is 4.79 Å². The average Bonchev–Trinajstić information content (AvgIpc) is 2.92. The minimum atomic E-state index is -0.833. The number of benzene rings is 1. The number of rotatable bonds is 6. The molecule has 1 spiro atoms. The van der Waals surface area contributed by atoms with Crippen LogP contribution in [-0.2, 0) is 9.59 Å². The SMILES string of the molecule is CCC1CCC2(CC1)NC(=O)N(CC(=O)c1ccc([C@H](C)NC(C)=O)cc1)C2=O. The molecule has 156 valence electrons. The number of imide groups is 1. The zero-order valence-electron chi connectivity index (χ0n) is 17.3. The van der Waals surface area contributed by atoms with Gasteiger partial charge in [-0.25, -0.2) is 4.79 Å². The lowest BCUT2D eigenvalue weighted by Crippen LogP contribution is -2.49. The molecule has 7 heteroatoms. The standard InChI is InChI=1S/C22H29N3O4/c1-4-16-9-11-22(12-10-16)20(28)25(21(29)24-22)13-19(27)18-7-5-17(6-8-18)14(2)23-15(3)26/h5-8,14,16H,4,9-13H2,1-3H3,(H,23,26)(H,24,29)/t14-,16?,22?/m0/s1. The van der Waals surface area contributed by atoms with Crippen LogP contribution in [0.3, 0.4) is 0 Å². The molecule has 2 N–H and O–H groups in total. The smallest absolute Gasteiger partial charge is 0.325 e. The van der Waals surface area contributed by atoms with Crippen molar-refractivity contribution in [1.82, 2.24) is 15.5 Å². The molecule has 2 aliphatic rings. The van der Waals surface area contributed by atoms with Crippen molar-refractivity contribution in [3.8, 4) is 0 Å². The zero-order valence-corrected chi connectivity index (χ0v) is 17.3. The van der Waals surface area contributed by atoms with Crippen LogP contribution in [0.1, 0.15) is 74.8 Å². The van der Waals surface area contributed by atoms with E-state index >= 15 is 0 Å². The van der Waals surface area contributed by atoms with Crippen LogP contribution in [0.15, 0.2) is 24.3 Å². The fourth-order valence-corrected chi connectivity index (χ4v) is 4.32. The van der Waals surface area contributed by atoms with Gasteiger partial charge in [0.05, 0.1) is 12.6 Å². The number of nitrogens with zero attached hydrogens (tertiary/aromatic N) is 1. The van der Waals surface area contributed by atoms with Crippen LogP contribution < -0.4 is 10.6 Å². The molecule has 7 nitrogen and oxygen atoms in total. The summed E-state index contributed by atoms with van der Waals surface area (Å²) in [5, 5.41) is 5.65. The molecule has 4 amide bonds. The van der Waals surface area contributed by atoms with Crippen LogP contribution in [0.25, 0.3) is 0 Å². The van der Waals surface area contributed by atoms with Gasteiger partial charge in [-0.3, -0.25) is 19.3 Å². The number of Topliss-reactive ketones (excluding diaryl/α,β-unsaturated/α-hetero) is 1. The van der Waals surface area contributed by atoms with Crippen molar-refractivity contribution in [2.75, 3.05) is 6.54 Å². The highest BCUT2D eigenvalue weighted by Gasteiger charge is 2.52. The molecule has 1 aromatic rings. The third-order valence-electron chi connectivity index (χ3n) is 6.24. The first kappa shape index (κ1) is 21.0. The highest BCUT2D eigenvalue weighted by atomic mass is 16.2. The molecule has 3 rings (SSSR count). The van der Waals surface area contributed by atoms with Crippen LogP contribution in [0.2, 0.25) is 0 Å². The Labute approximate surface area is 171 Å². The summed E-state index contributed by atoms with van der Waals surface area (Å²) in [6.07, 6.45) is 4.18. The van der Waals surface area contributed by atoms with E-state index in [9.17, 15) is 19.2 Å². The molecule has 1 aliphatic heterocycles. The van der Waals surface area contributed by atoms with Gasteiger partial charge >= 0.3 is 6.03 Å². The number of carbonyl (C=O) groups is 4. The van der Waals surface area contributed by atoms with E-state index in [1.165, 1.54) is 6.92 Å². The maximum absolute atomic E-state index is 13.0. The summed E-state index contributed by atoms with van der Waals surface area (Å²) < 4.78 is 0. The Balaban J connectivity index is 1.65.